The molecule has 0 saturated carbocycles. The molecule has 0 unspecified atom stereocenters. The van der Waals surface area contributed by atoms with Crippen molar-refractivity contribution in [1.82, 2.24) is 4.90 Å². The summed E-state index contributed by atoms with van der Waals surface area (Å²) in [6, 6.07) is 5.67. The smallest absolute Gasteiger partial charge is 0.260 e. The van der Waals surface area contributed by atoms with Crippen LogP contribution in [0.1, 0.15) is 12.8 Å². The normalized spacial score (nSPS) is 16.2. The number of piperidine rings is 1. The topological polar surface area (TPSA) is 38.8 Å². The molecule has 0 aromatic heterocycles. The SMILES string of the molecule is COCC1CCN(C(=O)COc2ccc(F)cc2)CC1. The number of likely N-dealkylation sites (tertiary alicyclic amines) is 1. The van der Waals surface area contributed by atoms with Crippen LogP contribution in [0.25, 0.3) is 0 Å². The van der Waals surface area contributed by atoms with E-state index in [0.29, 0.717) is 11.7 Å². The first kappa shape index (κ1) is 14.8. The Kier molecular flexibility index (Phi) is 5.35. The van der Waals surface area contributed by atoms with Gasteiger partial charge in [0.1, 0.15) is 11.6 Å². The Morgan fingerprint density at radius 3 is 2.55 bits per heavy atom. The molecule has 4 nitrogen and oxygen atoms in total. The van der Waals surface area contributed by atoms with Crippen molar-refractivity contribution in [1.29, 1.82) is 0 Å². The molecule has 0 N–H and O–H groups in total. The van der Waals surface area contributed by atoms with Gasteiger partial charge in [-0.1, -0.05) is 0 Å². The van der Waals surface area contributed by atoms with E-state index in [0.717, 1.165) is 32.5 Å². The Balaban J connectivity index is 1.74. The lowest BCUT2D eigenvalue weighted by Gasteiger charge is -2.31. The highest BCUT2D eigenvalue weighted by Crippen LogP contribution is 2.18. The van der Waals surface area contributed by atoms with Crippen molar-refractivity contribution in [2.24, 2.45) is 5.92 Å². The van der Waals surface area contributed by atoms with Gasteiger partial charge >= 0.3 is 0 Å². The molecule has 0 bridgehead atoms. The van der Waals surface area contributed by atoms with Crippen molar-refractivity contribution in [3.05, 3.63) is 30.1 Å². The maximum absolute atomic E-state index is 12.7. The fraction of sp³-hybridized carbons (Fsp3) is 0.533. The second-order valence-electron chi connectivity index (χ2n) is 5.02. The van der Waals surface area contributed by atoms with Crippen molar-refractivity contribution in [3.8, 4) is 5.75 Å². The summed E-state index contributed by atoms with van der Waals surface area (Å²) >= 11 is 0. The molecule has 110 valence electrons. The van der Waals surface area contributed by atoms with Gasteiger partial charge in [-0.2, -0.15) is 0 Å². The van der Waals surface area contributed by atoms with Gasteiger partial charge in [0.05, 0.1) is 0 Å². The summed E-state index contributed by atoms with van der Waals surface area (Å²) in [5.74, 6) is 0.713. The van der Waals surface area contributed by atoms with Gasteiger partial charge in [0.2, 0.25) is 0 Å². The van der Waals surface area contributed by atoms with Crippen molar-refractivity contribution in [2.45, 2.75) is 12.8 Å². The number of rotatable bonds is 5. The molecular formula is C15H20FNO3. The van der Waals surface area contributed by atoms with E-state index in [1.807, 2.05) is 4.90 Å². The maximum Gasteiger partial charge on any atom is 0.260 e. The molecular weight excluding hydrogens is 261 g/mol. The molecule has 1 fully saturated rings. The fourth-order valence-corrected chi connectivity index (χ4v) is 2.35. The minimum absolute atomic E-state index is 0.000572. The monoisotopic (exact) mass is 281 g/mol. The van der Waals surface area contributed by atoms with E-state index in [1.54, 1.807) is 7.11 Å². The summed E-state index contributed by atoms with van der Waals surface area (Å²) in [6.45, 7) is 2.26. The molecule has 0 aliphatic carbocycles. The highest BCUT2D eigenvalue weighted by Gasteiger charge is 2.22. The molecule has 0 spiro atoms. The quantitative estimate of drug-likeness (QED) is 0.829. The molecule has 20 heavy (non-hydrogen) atoms. The van der Waals surface area contributed by atoms with E-state index in [1.165, 1.54) is 24.3 Å². The zero-order valence-corrected chi connectivity index (χ0v) is 11.7. The van der Waals surface area contributed by atoms with Crippen molar-refractivity contribution < 1.29 is 18.7 Å². The number of methoxy groups -OCH3 is 1. The highest BCUT2D eigenvalue weighted by molar-refractivity contribution is 5.77. The van der Waals surface area contributed by atoms with E-state index in [4.69, 9.17) is 9.47 Å². The van der Waals surface area contributed by atoms with Crippen LogP contribution in [0.4, 0.5) is 4.39 Å². The Bertz CT molecular complexity index is 427. The summed E-state index contributed by atoms with van der Waals surface area (Å²) < 4.78 is 23.2. The van der Waals surface area contributed by atoms with Gasteiger partial charge in [-0.3, -0.25) is 4.79 Å². The third-order valence-electron chi connectivity index (χ3n) is 3.55. The summed E-state index contributed by atoms with van der Waals surface area (Å²) in [4.78, 5) is 13.8. The number of amides is 1. The van der Waals surface area contributed by atoms with Crippen LogP contribution in [-0.4, -0.2) is 44.2 Å². The zero-order valence-electron chi connectivity index (χ0n) is 11.7. The number of ether oxygens (including phenoxy) is 2. The lowest BCUT2D eigenvalue weighted by molar-refractivity contribution is -0.135. The predicted octanol–water partition coefficient (Wildman–Crippen LogP) is 2.09. The molecule has 1 saturated heterocycles. The van der Waals surface area contributed by atoms with E-state index in [2.05, 4.69) is 0 Å². The van der Waals surface area contributed by atoms with E-state index >= 15 is 0 Å². The van der Waals surface area contributed by atoms with Gasteiger partial charge < -0.3 is 14.4 Å². The number of benzene rings is 1. The number of hydrogen-bond donors (Lipinski definition) is 0. The first-order valence-electron chi connectivity index (χ1n) is 6.84. The van der Waals surface area contributed by atoms with Gasteiger partial charge in [0.15, 0.2) is 6.61 Å². The van der Waals surface area contributed by atoms with E-state index < -0.39 is 0 Å². The Morgan fingerprint density at radius 2 is 1.95 bits per heavy atom. The first-order valence-corrected chi connectivity index (χ1v) is 6.84. The highest BCUT2D eigenvalue weighted by atomic mass is 19.1. The third-order valence-corrected chi connectivity index (χ3v) is 3.55. The molecule has 0 radical (unpaired) electrons. The Morgan fingerprint density at radius 1 is 1.30 bits per heavy atom. The first-order chi connectivity index (χ1) is 9.69. The van der Waals surface area contributed by atoms with Gasteiger partial charge in [-0.25, -0.2) is 4.39 Å². The number of carbonyl (C=O) groups excluding carboxylic acids is 1. The van der Waals surface area contributed by atoms with Crippen LogP contribution in [0.5, 0.6) is 5.75 Å². The van der Waals surface area contributed by atoms with Gasteiger partial charge in [0, 0.05) is 26.8 Å². The second-order valence-corrected chi connectivity index (χ2v) is 5.02. The maximum atomic E-state index is 12.7. The molecule has 2 rings (SSSR count). The third kappa shape index (κ3) is 4.20. The fourth-order valence-electron chi connectivity index (χ4n) is 2.35. The number of carbonyl (C=O) groups is 1. The van der Waals surface area contributed by atoms with Crippen LogP contribution < -0.4 is 4.74 Å². The summed E-state index contributed by atoms with van der Waals surface area (Å²) in [6.07, 6.45) is 1.94. The molecule has 1 aliphatic rings. The van der Waals surface area contributed by atoms with Gasteiger partial charge in [-0.05, 0) is 43.0 Å². The molecule has 1 aromatic rings. The molecule has 5 heteroatoms. The number of hydrogen-bond acceptors (Lipinski definition) is 3. The van der Waals surface area contributed by atoms with E-state index in [9.17, 15) is 9.18 Å². The lowest BCUT2D eigenvalue weighted by atomic mass is 9.98. The molecule has 1 heterocycles. The van der Waals surface area contributed by atoms with Crippen LogP contribution in [0.3, 0.4) is 0 Å². The van der Waals surface area contributed by atoms with Crippen molar-refractivity contribution in [2.75, 3.05) is 33.4 Å². The molecule has 1 aliphatic heterocycles. The largest absolute Gasteiger partial charge is 0.484 e. The molecule has 1 aromatic carbocycles. The Hall–Kier alpha value is -1.62. The summed E-state index contributed by atoms with van der Waals surface area (Å²) in [7, 11) is 1.70. The van der Waals surface area contributed by atoms with E-state index in [-0.39, 0.29) is 18.3 Å². The van der Waals surface area contributed by atoms with Crippen LogP contribution in [-0.2, 0) is 9.53 Å². The van der Waals surface area contributed by atoms with Gasteiger partial charge in [-0.15, -0.1) is 0 Å². The summed E-state index contributed by atoms with van der Waals surface area (Å²) in [5, 5.41) is 0. The standard InChI is InChI=1S/C15H20FNO3/c1-19-10-12-6-8-17(9-7-12)15(18)11-20-14-4-2-13(16)3-5-14/h2-5,12H,6-11H2,1H3. The minimum atomic E-state index is -0.316. The van der Waals surface area contributed by atoms with Gasteiger partial charge in [0.25, 0.3) is 5.91 Å². The van der Waals surface area contributed by atoms with Crippen LogP contribution in [0.2, 0.25) is 0 Å². The van der Waals surface area contributed by atoms with Crippen molar-refractivity contribution in [3.63, 3.8) is 0 Å². The second kappa shape index (κ2) is 7.24. The lowest BCUT2D eigenvalue weighted by Crippen LogP contribution is -2.41. The average molecular weight is 281 g/mol. The predicted molar refractivity (Wildman–Crippen MR) is 73.1 cm³/mol. The van der Waals surface area contributed by atoms with Crippen molar-refractivity contribution >= 4 is 5.91 Å². The van der Waals surface area contributed by atoms with Crippen LogP contribution in [0, 0.1) is 11.7 Å². The van der Waals surface area contributed by atoms with Crippen LogP contribution in [0.15, 0.2) is 24.3 Å². The molecule has 0 atom stereocenters. The molecule has 1 amide bonds. The number of halogens is 1. The average Bonchev–Trinajstić information content (AvgIpc) is 2.47. The number of nitrogens with zero attached hydrogens (tertiary/aromatic N) is 1. The zero-order chi connectivity index (χ0) is 14.4. The van der Waals surface area contributed by atoms with Crippen LogP contribution >= 0.6 is 0 Å². The minimum Gasteiger partial charge on any atom is -0.484 e. The summed E-state index contributed by atoms with van der Waals surface area (Å²) in [5.41, 5.74) is 0. The Labute approximate surface area is 118 Å².